The zero-order chi connectivity index (χ0) is 22.1. The number of amides is 1. The fourth-order valence-corrected chi connectivity index (χ4v) is 4.41. The Hall–Kier alpha value is -3.28. The number of benzene rings is 2. The molecular formula is C22H20IN7O2. The van der Waals surface area contributed by atoms with Crippen molar-refractivity contribution in [2.45, 2.75) is 0 Å². The second-order valence-corrected chi connectivity index (χ2v) is 8.49. The Balaban J connectivity index is 1.36. The number of hydrogen-bond donors (Lipinski definition) is 0. The van der Waals surface area contributed by atoms with Gasteiger partial charge in [-0.25, -0.2) is 9.97 Å². The Morgan fingerprint density at radius 1 is 1.00 bits per heavy atom. The van der Waals surface area contributed by atoms with E-state index in [0.717, 1.165) is 26.4 Å². The van der Waals surface area contributed by atoms with Crippen molar-refractivity contribution in [2.75, 3.05) is 38.2 Å². The van der Waals surface area contributed by atoms with E-state index in [-0.39, 0.29) is 5.91 Å². The lowest BCUT2D eigenvalue weighted by atomic mass is 10.2. The molecule has 2 aromatic heterocycles. The molecule has 0 N–H and O–H groups in total. The molecule has 3 heterocycles. The highest BCUT2D eigenvalue weighted by molar-refractivity contribution is 14.1. The first-order valence-corrected chi connectivity index (χ1v) is 11.2. The Bertz CT molecular complexity index is 1270. The van der Waals surface area contributed by atoms with Gasteiger partial charge in [0, 0.05) is 29.7 Å². The molecule has 0 atom stereocenters. The Morgan fingerprint density at radius 2 is 1.75 bits per heavy atom. The van der Waals surface area contributed by atoms with Crippen molar-refractivity contribution in [3.8, 4) is 11.4 Å². The first kappa shape index (κ1) is 20.6. The van der Waals surface area contributed by atoms with Gasteiger partial charge < -0.3 is 14.5 Å². The van der Waals surface area contributed by atoms with E-state index in [9.17, 15) is 4.79 Å². The molecule has 5 rings (SSSR count). The van der Waals surface area contributed by atoms with E-state index < -0.39 is 0 Å². The molecule has 0 bridgehead atoms. The molecule has 2 aromatic carbocycles. The van der Waals surface area contributed by atoms with E-state index in [4.69, 9.17) is 4.74 Å². The van der Waals surface area contributed by atoms with Crippen molar-refractivity contribution in [1.29, 1.82) is 0 Å². The van der Waals surface area contributed by atoms with E-state index in [1.54, 1.807) is 11.8 Å². The monoisotopic (exact) mass is 541 g/mol. The number of piperazine rings is 1. The highest BCUT2D eigenvalue weighted by atomic mass is 127. The Morgan fingerprint density at radius 3 is 2.47 bits per heavy atom. The van der Waals surface area contributed by atoms with Gasteiger partial charge in [0.2, 0.25) is 0 Å². The van der Waals surface area contributed by atoms with Crippen molar-refractivity contribution in [3.63, 3.8) is 0 Å². The number of ether oxygens (including phenoxy) is 1. The minimum absolute atomic E-state index is 0.0629. The third kappa shape index (κ3) is 3.74. The van der Waals surface area contributed by atoms with Gasteiger partial charge in [-0.05, 0) is 59.0 Å². The summed E-state index contributed by atoms with van der Waals surface area (Å²) in [5, 5.41) is 8.66. The molecule has 32 heavy (non-hydrogen) atoms. The van der Waals surface area contributed by atoms with Crippen molar-refractivity contribution < 1.29 is 9.53 Å². The number of nitrogens with zero attached hydrogens (tertiary/aromatic N) is 7. The number of halogens is 1. The molecule has 1 amide bonds. The minimum atomic E-state index is 0.0629. The number of hydrogen-bond acceptors (Lipinski definition) is 7. The van der Waals surface area contributed by atoms with Crippen molar-refractivity contribution in [3.05, 3.63) is 64.0 Å². The zero-order valence-corrected chi connectivity index (χ0v) is 19.5. The lowest BCUT2D eigenvalue weighted by Gasteiger charge is -2.35. The normalized spacial score (nSPS) is 14.1. The molecule has 162 valence electrons. The average molecular weight is 541 g/mol. The van der Waals surface area contributed by atoms with Crippen LogP contribution in [0.3, 0.4) is 0 Å². The summed E-state index contributed by atoms with van der Waals surface area (Å²) < 4.78 is 7.88. The summed E-state index contributed by atoms with van der Waals surface area (Å²) in [6.07, 6.45) is 1.53. The van der Waals surface area contributed by atoms with Crippen molar-refractivity contribution in [2.24, 2.45) is 0 Å². The second kappa shape index (κ2) is 8.69. The van der Waals surface area contributed by atoms with E-state index in [1.165, 1.54) is 6.33 Å². The van der Waals surface area contributed by atoms with Crippen molar-refractivity contribution >= 4 is 45.5 Å². The molecule has 0 saturated carbocycles. The molecule has 1 saturated heterocycles. The fraction of sp³-hybridized carbons (Fsp3) is 0.227. The summed E-state index contributed by atoms with van der Waals surface area (Å²) in [7, 11) is 1.63. The van der Waals surface area contributed by atoms with Gasteiger partial charge in [-0.2, -0.15) is 4.68 Å². The van der Waals surface area contributed by atoms with Gasteiger partial charge in [0.25, 0.3) is 5.91 Å². The topological polar surface area (TPSA) is 89.3 Å². The SMILES string of the molecule is COc1ccc(-n2nnc3c(N4CCN(C(=O)c5ccccc5I)CC4)ncnc32)cc1. The smallest absolute Gasteiger partial charge is 0.255 e. The summed E-state index contributed by atoms with van der Waals surface area (Å²) in [6, 6.07) is 15.2. The molecule has 9 nitrogen and oxygen atoms in total. The van der Waals surface area contributed by atoms with E-state index in [2.05, 4.69) is 47.8 Å². The predicted octanol–water partition coefficient (Wildman–Crippen LogP) is 2.79. The summed E-state index contributed by atoms with van der Waals surface area (Å²) in [4.78, 5) is 25.8. The molecule has 0 radical (unpaired) electrons. The lowest BCUT2D eigenvalue weighted by Crippen LogP contribution is -2.49. The third-order valence-corrected chi connectivity index (χ3v) is 6.45. The minimum Gasteiger partial charge on any atom is -0.497 e. The van der Waals surface area contributed by atoms with Crippen LogP contribution < -0.4 is 9.64 Å². The summed E-state index contributed by atoms with van der Waals surface area (Å²) in [5.74, 6) is 1.56. The molecule has 0 unspecified atom stereocenters. The maximum atomic E-state index is 12.9. The van der Waals surface area contributed by atoms with Crippen LogP contribution in [0.2, 0.25) is 0 Å². The number of methoxy groups -OCH3 is 1. The first-order chi connectivity index (χ1) is 15.7. The van der Waals surface area contributed by atoms with Crippen LogP contribution in [-0.4, -0.2) is 69.1 Å². The molecule has 1 aliphatic heterocycles. The lowest BCUT2D eigenvalue weighted by molar-refractivity contribution is 0.0745. The van der Waals surface area contributed by atoms with Gasteiger partial charge in [0.15, 0.2) is 17.0 Å². The quantitative estimate of drug-likeness (QED) is 0.367. The van der Waals surface area contributed by atoms with Crippen LogP contribution >= 0.6 is 22.6 Å². The van der Waals surface area contributed by atoms with Crippen LogP contribution in [-0.2, 0) is 0 Å². The predicted molar refractivity (Wildman–Crippen MR) is 128 cm³/mol. The number of anilines is 1. The number of rotatable bonds is 4. The number of aromatic nitrogens is 5. The molecule has 1 fully saturated rings. The van der Waals surface area contributed by atoms with Crippen LogP contribution in [0.5, 0.6) is 5.75 Å². The number of carbonyl (C=O) groups excluding carboxylic acids is 1. The first-order valence-electron chi connectivity index (χ1n) is 10.2. The highest BCUT2D eigenvalue weighted by Gasteiger charge is 2.26. The third-order valence-electron chi connectivity index (χ3n) is 5.51. The molecular weight excluding hydrogens is 521 g/mol. The van der Waals surface area contributed by atoms with Crippen LogP contribution in [0.4, 0.5) is 5.82 Å². The summed E-state index contributed by atoms with van der Waals surface area (Å²) >= 11 is 2.21. The molecule has 4 aromatic rings. The fourth-order valence-electron chi connectivity index (χ4n) is 3.79. The van der Waals surface area contributed by atoms with Crippen molar-refractivity contribution in [1.82, 2.24) is 29.9 Å². The number of fused-ring (bicyclic) bond motifs is 1. The maximum absolute atomic E-state index is 12.9. The van der Waals surface area contributed by atoms with Crippen LogP contribution in [0.1, 0.15) is 10.4 Å². The summed E-state index contributed by atoms with van der Waals surface area (Å²) in [6.45, 7) is 2.55. The van der Waals surface area contributed by atoms with Gasteiger partial charge in [-0.15, -0.1) is 5.10 Å². The van der Waals surface area contributed by atoms with Gasteiger partial charge >= 0.3 is 0 Å². The molecule has 0 aliphatic carbocycles. The van der Waals surface area contributed by atoms with Gasteiger partial charge in [-0.1, -0.05) is 17.3 Å². The van der Waals surface area contributed by atoms with Gasteiger partial charge in [0.1, 0.15) is 12.1 Å². The maximum Gasteiger partial charge on any atom is 0.255 e. The Kier molecular flexibility index (Phi) is 5.60. The van der Waals surface area contributed by atoms with Gasteiger partial charge in [0.05, 0.1) is 18.4 Å². The standard InChI is InChI=1S/C22H20IN7O2/c1-32-16-8-6-15(7-9-16)30-21-19(26-27-30)20(24-14-25-21)28-10-12-29(13-11-28)22(31)17-4-2-3-5-18(17)23/h2-9,14H,10-13H2,1H3. The van der Waals surface area contributed by atoms with E-state index >= 15 is 0 Å². The largest absolute Gasteiger partial charge is 0.497 e. The summed E-state index contributed by atoms with van der Waals surface area (Å²) in [5.41, 5.74) is 2.86. The zero-order valence-electron chi connectivity index (χ0n) is 17.3. The molecule has 10 heteroatoms. The average Bonchev–Trinajstić information content (AvgIpc) is 3.28. The molecule has 1 aliphatic rings. The van der Waals surface area contributed by atoms with Gasteiger partial charge in [-0.3, -0.25) is 4.79 Å². The highest BCUT2D eigenvalue weighted by Crippen LogP contribution is 2.25. The van der Waals surface area contributed by atoms with Crippen LogP contribution in [0.25, 0.3) is 16.9 Å². The molecule has 0 spiro atoms. The van der Waals surface area contributed by atoms with Crippen LogP contribution in [0.15, 0.2) is 54.9 Å². The van der Waals surface area contributed by atoms with E-state index in [1.807, 2.05) is 53.4 Å². The number of carbonyl (C=O) groups is 1. The second-order valence-electron chi connectivity index (χ2n) is 7.33. The Labute approximate surface area is 198 Å². The van der Waals surface area contributed by atoms with E-state index in [0.29, 0.717) is 37.3 Å². The van der Waals surface area contributed by atoms with Crippen LogP contribution in [0, 0.1) is 3.57 Å².